The second-order valence-electron chi connectivity index (χ2n) is 4.92. The van der Waals surface area contributed by atoms with E-state index >= 15 is 0 Å². The summed E-state index contributed by atoms with van der Waals surface area (Å²) in [4.78, 5) is 11.3. The predicted molar refractivity (Wildman–Crippen MR) is 82.0 cm³/mol. The van der Waals surface area contributed by atoms with Crippen molar-refractivity contribution >= 4 is 11.9 Å². The molecule has 2 nitrogen and oxygen atoms in total. The average molecular weight is 320 g/mol. The molecule has 2 aromatic carbocycles. The van der Waals surface area contributed by atoms with Gasteiger partial charge in [0.25, 0.3) is 5.60 Å². The topological polar surface area (TPSA) is 26.3 Å². The fraction of sp³-hybridized carbons (Fsp3) is 0.167. The summed E-state index contributed by atoms with van der Waals surface area (Å²) < 4.78 is 43.7. The smallest absolute Gasteiger partial charge is 0.439 e. The van der Waals surface area contributed by atoms with E-state index in [2.05, 4.69) is 0 Å². The van der Waals surface area contributed by atoms with Crippen LogP contribution in [-0.4, -0.2) is 17.6 Å². The molecule has 0 amide bonds. The van der Waals surface area contributed by atoms with Crippen LogP contribution >= 0.6 is 0 Å². The van der Waals surface area contributed by atoms with Gasteiger partial charge in [-0.05, 0) is 19.1 Å². The first kappa shape index (κ1) is 16.8. The number of ether oxygens (including phenoxy) is 1. The lowest BCUT2D eigenvalue weighted by Gasteiger charge is -2.34. The van der Waals surface area contributed by atoms with Crippen LogP contribution in [0.5, 0.6) is 5.75 Å². The van der Waals surface area contributed by atoms with Crippen molar-refractivity contribution in [1.82, 2.24) is 0 Å². The van der Waals surface area contributed by atoms with Crippen molar-refractivity contribution in [2.75, 3.05) is 0 Å². The van der Waals surface area contributed by atoms with Crippen LogP contribution in [0.25, 0.3) is 6.08 Å². The molecule has 1 aliphatic heterocycles. The Labute approximate surface area is 132 Å². The zero-order valence-electron chi connectivity index (χ0n) is 12.4. The number of carbonyl (C=O) groups is 1. The lowest BCUT2D eigenvalue weighted by molar-refractivity contribution is -0.224. The maximum absolute atomic E-state index is 12.9. The van der Waals surface area contributed by atoms with E-state index in [1.165, 1.54) is 12.1 Å². The van der Waals surface area contributed by atoms with E-state index in [9.17, 15) is 18.0 Å². The highest BCUT2D eigenvalue weighted by molar-refractivity contribution is 5.91. The summed E-state index contributed by atoms with van der Waals surface area (Å²) >= 11 is 0. The minimum atomic E-state index is -4.77. The first-order valence-electron chi connectivity index (χ1n) is 6.92. The van der Waals surface area contributed by atoms with Gasteiger partial charge in [-0.25, -0.2) is 0 Å². The molecular weight excluding hydrogens is 305 g/mol. The molecule has 0 saturated carbocycles. The molecule has 1 unspecified atom stereocenters. The van der Waals surface area contributed by atoms with Crippen molar-refractivity contribution in [1.29, 1.82) is 0 Å². The van der Waals surface area contributed by atoms with Crippen molar-refractivity contribution < 1.29 is 22.7 Å². The van der Waals surface area contributed by atoms with Gasteiger partial charge < -0.3 is 4.74 Å². The number of fused-ring (bicyclic) bond motifs is 1. The predicted octanol–water partition coefficient (Wildman–Crippen LogP) is 4.67. The summed E-state index contributed by atoms with van der Waals surface area (Å²) in [6, 6.07) is 18.3. The van der Waals surface area contributed by atoms with Gasteiger partial charge >= 0.3 is 6.18 Å². The maximum atomic E-state index is 12.9. The molecule has 0 fully saturated rings. The lowest BCUT2D eigenvalue weighted by atomic mass is 9.93. The van der Waals surface area contributed by atoms with Crippen LogP contribution in [0.3, 0.4) is 0 Å². The van der Waals surface area contributed by atoms with Crippen molar-refractivity contribution in [2.45, 2.75) is 18.7 Å². The second-order valence-corrected chi connectivity index (χ2v) is 4.92. The van der Waals surface area contributed by atoms with E-state index < -0.39 is 17.6 Å². The highest BCUT2D eigenvalue weighted by Crippen LogP contribution is 2.41. The van der Waals surface area contributed by atoms with Gasteiger partial charge in [-0.2, -0.15) is 13.2 Å². The van der Waals surface area contributed by atoms with Crippen LogP contribution in [-0.2, 0) is 4.79 Å². The fourth-order valence-electron chi connectivity index (χ4n) is 2.05. The molecule has 0 radical (unpaired) electrons. The molecule has 0 N–H and O–H groups in total. The normalized spacial score (nSPS) is 19.0. The minimum Gasteiger partial charge on any atom is -0.465 e. The average Bonchev–Trinajstić information content (AvgIpc) is 2.55. The number of hydrogen-bond donors (Lipinski definition) is 0. The number of benzene rings is 2. The summed E-state index contributed by atoms with van der Waals surface area (Å²) in [5.74, 6) is -1.03. The Morgan fingerprint density at radius 1 is 0.957 bits per heavy atom. The van der Waals surface area contributed by atoms with Crippen LogP contribution in [0, 0.1) is 0 Å². The summed E-state index contributed by atoms with van der Waals surface area (Å²) in [7, 11) is 0. The zero-order valence-corrected chi connectivity index (χ0v) is 12.4. The molecule has 1 aliphatic rings. The molecule has 0 bridgehead atoms. The molecule has 5 heteroatoms. The van der Waals surface area contributed by atoms with Gasteiger partial charge in [-0.1, -0.05) is 60.7 Å². The Kier molecular flexibility index (Phi) is 4.89. The number of hydrogen-bond acceptors (Lipinski definition) is 2. The Hall–Kier alpha value is -2.56. The maximum Gasteiger partial charge on any atom is 0.439 e. The molecular formula is C18H15F3O2. The fourth-order valence-corrected chi connectivity index (χ4v) is 2.05. The summed E-state index contributed by atoms with van der Waals surface area (Å²) in [6.07, 6.45) is -2.76. The lowest BCUT2D eigenvalue weighted by Crippen LogP contribution is -2.55. The molecule has 0 aromatic heterocycles. The van der Waals surface area contributed by atoms with Gasteiger partial charge in [0.1, 0.15) is 5.75 Å². The Morgan fingerprint density at radius 2 is 1.48 bits per heavy atom. The van der Waals surface area contributed by atoms with Crippen molar-refractivity contribution in [3.63, 3.8) is 0 Å². The van der Waals surface area contributed by atoms with Crippen LogP contribution in [0.2, 0.25) is 0 Å². The molecule has 0 saturated heterocycles. The van der Waals surface area contributed by atoms with Crippen LogP contribution in [0.4, 0.5) is 13.2 Å². The van der Waals surface area contributed by atoms with Crippen LogP contribution in [0.15, 0.2) is 66.7 Å². The Balaban J connectivity index is 0.000000268. The summed E-state index contributed by atoms with van der Waals surface area (Å²) in [5, 5.41) is 0. The molecule has 2 aromatic rings. The summed E-state index contributed by atoms with van der Waals surface area (Å²) in [5.41, 5.74) is -2.34. The monoisotopic (exact) mass is 320 g/mol. The van der Waals surface area contributed by atoms with Crippen molar-refractivity contribution in [2.24, 2.45) is 0 Å². The van der Waals surface area contributed by atoms with E-state index in [1.807, 2.05) is 36.4 Å². The first-order valence-corrected chi connectivity index (χ1v) is 6.92. The number of rotatable bonds is 1. The van der Waals surface area contributed by atoms with E-state index in [4.69, 9.17) is 4.74 Å². The number of carbonyl (C=O) groups excluding carboxylic acids is 1. The Bertz CT molecular complexity index is 666. The summed E-state index contributed by atoms with van der Waals surface area (Å²) in [6.45, 7) is 0.867. The van der Waals surface area contributed by atoms with E-state index in [0.29, 0.717) is 5.56 Å². The highest BCUT2D eigenvalue weighted by atomic mass is 19.4. The van der Waals surface area contributed by atoms with Gasteiger partial charge in [0.05, 0.1) is 0 Å². The Morgan fingerprint density at radius 3 is 1.96 bits per heavy atom. The highest BCUT2D eigenvalue weighted by Gasteiger charge is 2.60. The zero-order chi connectivity index (χ0) is 16.9. The molecule has 1 heterocycles. The van der Waals surface area contributed by atoms with Gasteiger partial charge in [-0.3, -0.25) is 4.79 Å². The third kappa shape index (κ3) is 3.62. The quantitative estimate of drug-likeness (QED) is 0.763. The van der Waals surface area contributed by atoms with Crippen LogP contribution < -0.4 is 4.74 Å². The molecule has 23 heavy (non-hydrogen) atoms. The van der Waals surface area contributed by atoms with Gasteiger partial charge in [0.2, 0.25) is 0 Å². The third-order valence-electron chi connectivity index (χ3n) is 3.30. The SMILES string of the molecule is CC(=O)C1(C(F)(F)F)C=Cc2ccccc2O1.c1ccccc1. The van der Waals surface area contributed by atoms with Gasteiger partial charge in [0, 0.05) is 5.56 Å². The molecule has 1 atom stereocenters. The third-order valence-corrected chi connectivity index (χ3v) is 3.30. The van der Waals surface area contributed by atoms with Crippen LogP contribution in [0.1, 0.15) is 12.5 Å². The number of Topliss-reactive ketones (excluding diaryl/α,β-unsaturated/α-hetero) is 1. The van der Waals surface area contributed by atoms with E-state index in [1.54, 1.807) is 18.2 Å². The second kappa shape index (κ2) is 6.69. The van der Waals surface area contributed by atoms with E-state index in [0.717, 1.165) is 13.0 Å². The standard InChI is InChI=1S/C12H9F3O2.C6H6/c1-8(16)11(12(13,14)15)7-6-9-4-2-3-5-10(9)17-11;1-2-4-6-5-3-1/h2-7H,1H3;1-6H. The number of ketones is 1. The number of halogens is 3. The molecule has 3 rings (SSSR count). The van der Waals surface area contributed by atoms with Gasteiger partial charge in [0.15, 0.2) is 5.78 Å². The number of para-hydroxylation sites is 1. The van der Waals surface area contributed by atoms with Crippen molar-refractivity contribution in [3.8, 4) is 5.75 Å². The van der Waals surface area contributed by atoms with Crippen molar-refractivity contribution in [3.05, 3.63) is 72.3 Å². The minimum absolute atomic E-state index is 0.0579. The molecule has 120 valence electrons. The molecule has 0 aliphatic carbocycles. The largest absolute Gasteiger partial charge is 0.465 e. The van der Waals surface area contributed by atoms with Gasteiger partial charge in [-0.15, -0.1) is 0 Å². The number of alkyl halides is 3. The first-order chi connectivity index (χ1) is 10.9. The van der Waals surface area contributed by atoms with E-state index in [-0.39, 0.29) is 5.75 Å². The molecule has 0 spiro atoms.